The molecule has 3 aliphatic rings. The molecule has 4 aromatic rings. The molecule has 4 heterocycles. The number of benzene rings is 1. The fourth-order valence-electron chi connectivity index (χ4n) is 5.69. The molecule has 0 radical (unpaired) electrons. The van der Waals surface area contributed by atoms with Crippen molar-refractivity contribution >= 4 is 23.2 Å². The quantitative estimate of drug-likeness (QED) is 0.234. The molecule has 0 amide bonds. The molecular formula is C29H32ClF2N9O4. The van der Waals surface area contributed by atoms with Gasteiger partial charge in [0.1, 0.15) is 23.9 Å². The third kappa shape index (κ3) is 6.70. The van der Waals surface area contributed by atoms with Gasteiger partial charge in [0.25, 0.3) is 11.8 Å². The smallest absolute Gasteiger partial charge is 0.256 e. The SMILES string of the molecule is C[C@@H](Cn1cnnn1)Oc1cc(-c2cnc(Nc3cn(C4CCC5(CC4)OCCO5)nc3OC[C@@H]3CC3(F)F)nc2)ccc1Cl. The Morgan fingerprint density at radius 1 is 1.13 bits per heavy atom. The minimum Gasteiger partial charge on any atom is -0.487 e. The van der Waals surface area contributed by atoms with Gasteiger partial charge < -0.3 is 24.3 Å². The number of nitrogens with zero attached hydrogens (tertiary/aromatic N) is 8. The second-order valence-electron chi connectivity index (χ2n) is 11.7. The molecule has 16 heteroatoms. The lowest BCUT2D eigenvalue weighted by atomic mass is 9.90. The van der Waals surface area contributed by atoms with Gasteiger partial charge in [0, 0.05) is 37.2 Å². The number of nitrogens with one attached hydrogen (secondary N) is 1. The summed E-state index contributed by atoms with van der Waals surface area (Å²) in [5.41, 5.74) is 2.05. The lowest BCUT2D eigenvalue weighted by Crippen LogP contribution is -2.35. The predicted molar refractivity (Wildman–Crippen MR) is 157 cm³/mol. The second-order valence-corrected chi connectivity index (χ2v) is 12.1. The maximum atomic E-state index is 13.6. The third-order valence-electron chi connectivity index (χ3n) is 8.31. The van der Waals surface area contributed by atoms with Gasteiger partial charge in [-0.3, -0.25) is 4.68 Å². The first-order valence-corrected chi connectivity index (χ1v) is 15.3. The average molecular weight is 644 g/mol. The maximum Gasteiger partial charge on any atom is 0.256 e. The van der Waals surface area contributed by atoms with Gasteiger partial charge in [-0.2, -0.15) is 0 Å². The van der Waals surface area contributed by atoms with Crippen LogP contribution in [0.4, 0.5) is 20.4 Å². The Balaban J connectivity index is 1.04. The lowest BCUT2D eigenvalue weighted by molar-refractivity contribution is -0.181. The number of rotatable bonds is 11. The molecule has 2 saturated carbocycles. The van der Waals surface area contributed by atoms with E-state index in [0.29, 0.717) is 42.2 Å². The van der Waals surface area contributed by atoms with E-state index >= 15 is 0 Å². The van der Waals surface area contributed by atoms with Crippen LogP contribution in [-0.4, -0.2) is 77.6 Å². The van der Waals surface area contributed by atoms with Crippen molar-refractivity contribution in [1.82, 2.24) is 40.0 Å². The number of hydrogen-bond acceptors (Lipinski definition) is 11. The summed E-state index contributed by atoms with van der Waals surface area (Å²) in [6, 6.07) is 5.52. The first-order chi connectivity index (χ1) is 21.8. The molecule has 2 atom stereocenters. The minimum atomic E-state index is -2.69. The summed E-state index contributed by atoms with van der Waals surface area (Å²) in [6.45, 7) is 3.44. The molecule has 1 aliphatic heterocycles. The van der Waals surface area contributed by atoms with Crippen molar-refractivity contribution in [3.63, 3.8) is 0 Å². The molecule has 45 heavy (non-hydrogen) atoms. The van der Waals surface area contributed by atoms with Crippen LogP contribution in [0.5, 0.6) is 11.6 Å². The lowest BCUT2D eigenvalue weighted by Gasteiger charge is -2.35. The van der Waals surface area contributed by atoms with Crippen molar-refractivity contribution < 1.29 is 27.7 Å². The molecule has 1 saturated heterocycles. The van der Waals surface area contributed by atoms with Gasteiger partial charge in [0.2, 0.25) is 5.95 Å². The average Bonchev–Trinajstić information content (AvgIpc) is 3.54. The topological polar surface area (TPSA) is 136 Å². The van der Waals surface area contributed by atoms with Crippen molar-refractivity contribution in [3.05, 3.63) is 48.1 Å². The molecule has 238 valence electrons. The maximum absolute atomic E-state index is 13.6. The monoisotopic (exact) mass is 643 g/mol. The normalized spacial score (nSPS) is 21.1. The van der Waals surface area contributed by atoms with Crippen LogP contribution in [0.25, 0.3) is 11.1 Å². The van der Waals surface area contributed by atoms with E-state index in [2.05, 4.69) is 35.9 Å². The van der Waals surface area contributed by atoms with E-state index in [9.17, 15) is 8.78 Å². The molecule has 3 aromatic heterocycles. The van der Waals surface area contributed by atoms with Crippen LogP contribution in [0.3, 0.4) is 0 Å². The molecule has 1 N–H and O–H groups in total. The Bertz CT molecular complexity index is 1610. The highest BCUT2D eigenvalue weighted by molar-refractivity contribution is 6.32. The second kappa shape index (κ2) is 12.1. The fraction of sp³-hybridized carbons (Fsp3) is 0.517. The largest absolute Gasteiger partial charge is 0.487 e. The number of ether oxygens (including phenoxy) is 4. The zero-order valence-corrected chi connectivity index (χ0v) is 25.2. The van der Waals surface area contributed by atoms with E-state index in [1.165, 1.54) is 6.33 Å². The Kier molecular flexibility index (Phi) is 8.00. The number of aromatic nitrogens is 8. The number of alkyl halides is 2. The summed E-state index contributed by atoms with van der Waals surface area (Å²) < 4.78 is 54.1. The van der Waals surface area contributed by atoms with Gasteiger partial charge in [0.05, 0.1) is 49.5 Å². The highest BCUT2D eigenvalue weighted by Crippen LogP contribution is 2.49. The molecule has 0 bridgehead atoms. The molecule has 3 fully saturated rings. The van der Waals surface area contributed by atoms with Gasteiger partial charge in [-0.1, -0.05) is 17.7 Å². The van der Waals surface area contributed by atoms with E-state index in [1.54, 1.807) is 23.1 Å². The molecule has 1 spiro atoms. The number of halogens is 3. The third-order valence-corrected chi connectivity index (χ3v) is 8.62. The van der Waals surface area contributed by atoms with Crippen molar-refractivity contribution in [3.8, 4) is 22.8 Å². The van der Waals surface area contributed by atoms with Gasteiger partial charge >= 0.3 is 0 Å². The summed E-state index contributed by atoms with van der Waals surface area (Å²) in [6.07, 6.45) is 9.36. The standard InChI is InChI=1S/C29H32ClF2N9O4/c1-18(14-40-17-35-38-39-40)45-25-10-19(2-3-23(25)30)20-12-33-27(34-13-20)36-24-15-41(37-26(24)42-16-21-11-29(21,31)32)22-4-6-28(7-5-22)43-8-9-44-28/h2-3,10,12-13,15,17-18,21-22H,4-9,11,14,16H2,1H3,(H,33,34,36)/t18-,21-/m0/s1. The Morgan fingerprint density at radius 2 is 1.89 bits per heavy atom. The van der Waals surface area contributed by atoms with Crippen molar-refractivity contribution in [1.29, 1.82) is 0 Å². The highest BCUT2D eigenvalue weighted by Gasteiger charge is 2.57. The number of anilines is 2. The fourth-order valence-corrected chi connectivity index (χ4v) is 5.86. The van der Waals surface area contributed by atoms with E-state index in [4.69, 9.17) is 30.5 Å². The van der Waals surface area contributed by atoms with E-state index in [-0.39, 0.29) is 31.1 Å². The van der Waals surface area contributed by atoms with Gasteiger partial charge in [-0.15, -0.1) is 10.2 Å². The van der Waals surface area contributed by atoms with E-state index in [0.717, 1.165) is 36.8 Å². The zero-order chi connectivity index (χ0) is 31.0. The van der Waals surface area contributed by atoms with Gasteiger partial charge in [-0.25, -0.2) is 23.4 Å². The van der Waals surface area contributed by atoms with E-state index < -0.39 is 17.6 Å². The molecule has 7 rings (SSSR count). The van der Waals surface area contributed by atoms with Gasteiger partial charge in [-0.05, 0) is 47.9 Å². The van der Waals surface area contributed by atoms with Crippen LogP contribution in [-0.2, 0) is 16.0 Å². The van der Waals surface area contributed by atoms with Crippen LogP contribution < -0.4 is 14.8 Å². The number of tetrazole rings is 1. The molecule has 0 unspecified atom stereocenters. The summed E-state index contributed by atoms with van der Waals surface area (Å²) in [5, 5.41) is 19.4. The molecular weight excluding hydrogens is 612 g/mol. The summed E-state index contributed by atoms with van der Waals surface area (Å²) in [7, 11) is 0. The van der Waals surface area contributed by atoms with Crippen LogP contribution in [0.15, 0.2) is 43.1 Å². The van der Waals surface area contributed by atoms with Crippen LogP contribution in [0.2, 0.25) is 5.02 Å². The summed E-state index contributed by atoms with van der Waals surface area (Å²) in [4.78, 5) is 8.98. The minimum absolute atomic E-state index is 0.0869. The summed E-state index contributed by atoms with van der Waals surface area (Å²) >= 11 is 6.41. The van der Waals surface area contributed by atoms with Crippen LogP contribution in [0.1, 0.15) is 45.1 Å². The van der Waals surface area contributed by atoms with Crippen molar-refractivity contribution in [2.75, 3.05) is 25.1 Å². The first kappa shape index (κ1) is 29.7. The predicted octanol–water partition coefficient (Wildman–Crippen LogP) is 5.08. The zero-order valence-electron chi connectivity index (χ0n) is 24.5. The highest BCUT2D eigenvalue weighted by atomic mass is 35.5. The Morgan fingerprint density at radius 3 is 2.58 bits per heavy atom. The van der Waals surface area contributed by atoms with Crippen LogP contribution >= 0.6 is 11.6 Å². The van der Waals surface area contributed by atoms with Crippen molar-refractivity contribution in [2.45, 2.75) is 69.4 Å². The molecule has 2 aliphatic carbocycles. The molecule has 1 aromatic carbocycles. The molecule has 13 nitrogen and oxygen atoms in total. The van der Waals surface area contributed by atoms with Crippen LogP contribution in [0, 0.1) is 5.92 Å². The Hall–Kier alpha value is -3.95. The van der Waals surface area contributed by atoms with E-state index in [1.807, 2.05) is 29.9 Å². The van der Waals surface area contributed by atoms with Gasteiger partial charge in [0.15, 0.2) is 5.79 Å². The number of hydrogen-bond donors (Lipinski definition) is 1. The summed E-state index contributed by atoms with van der Waals surface area (Å²) in [5.74, 6) is -2.96. The van der Waals surface area contributed by atoms with Crippen molar-refractivity contribution in [2.24, 2.45) is 5.92 Å². The Labute approximate surface area is 262 Å². The first-order valence-electron chi connectivity index (χ1n) is 14.9.